The second-order valence-electron chi connectivity index (χ2n) is 6.32. The van der Waals surface area contributed by atoms with Gasteiger partial charge in [0.05, 0.1) is 6.20 Å². The monoisotopic (exact) mass is 363 g/mol. The number of amides is 1. The van der Waals surface area contributed by atoms with Gasteiger partial charge in [0.2, 0.25) is 0 Å². The predicted octanol–water partition coefficient (Wildman–Crippen LogP) is 4.14. The van der Waals surface area contributed by atoms with E-state index in [2.05, 4.69) is 5.10 Å². The lowest BCUT2D eigenvalue weighted by molar-refractivity contribution is 0.0752. The molecule has 0 aliphatic carbocycles. The Morgan fingerprint density at radius 1 is 1.04 bits per heavy atom. The molecule has 0 saturated carbocycles. The van der Waals surface area contributed by atoms with E-state index in [0.717, 1.165) is 23.4 Å². The minimum Gasteiger partial charge on any atom is -0.489 e. The van der Waals surface area contributed by atoms with Crippen LogP contribution in [0.1, 0.15) is 35.3 Å². The van der Waals surface area contributed by atoms with E-state index in [1.165, 1.54) is 0 Å². The molecule has 1 amide bonds. The first-order valence-corrected chi connectivity index (χ1v) is 9.27. The zero-order valence-corrected chi connectivity index (χ0v) is 15.8. The van der Waals surface area contributed by atoms with Crippen molar-refractivity contribution in [1.29, 1.82) is 0 Å². The number of hydrogen-bond donors (Lipinski definition) is 0. The van der Waals surface area contributed by atoms with Crippen molar-refractivity contribution in [3.63, 3.8) is 0 Å². The van der Waals surface area contributed by atoms with Crippen molar-refractivity contribution in [2.75, 3.05) is 6.54 Å². The molecule has 5 heteroatoms. The molecule has 0 saturated heterocycles. The summed E-state index contributed by atoms with van der Waals surface area (Å²) in [5.41, 5.74) is 2.76. The Labute approximate surface area is 160 Å². The molecule has 2 aromatic carbocycles. The van der Waals surface area contributed by atoms with Gasteiger partial charge in [0, 0.05) is 37.0 Å². The summed E-state index contributed by atoms with van der Waals surface area (Å²) in [6.07, 6.45) is 3.81. The van der Waals surface area contributed by atoms with Crippen molar-refractivity contribution in [2.45, 2.75) is 33.5 Å². The zero-order chi connectivity index (χ0) is 19.1. The van der Waals surface area contributed by atoms with Crippen LogP contribution in [-0.4, -0.2) is 27.1 Å². The Bertz CT molecular complexity index is 857. The topological polar surface area (TPSA) is 47.4 Å². The van der Waals surface area contributed by atoms with Crippen LogP contribution < -0.4 is 4.74 Å². The van der Waals surface area contributed by atoms with E-state index in [9.17, 15) is 4.79 Å². The molecule has 0 atom stereocenters. The minimum atomic E-state index is 0.0253. The summed E-state index contributed by atoms with van der Waals surface area (Å²) in [7, 11) is 0. The lowest BCUT2D eigenvalue weighted by Crippen LogP contribution is -2.30. The molecule has 1 heterocycles. The predicted molar refractivity (Wildman–Crippen MR) is 106 cm³/mol. The number of para-hydroxylation sites is 1. The number of aromatic nitrogens is 2. The number of benzene rings is 2. The number of carbonyl (C=O) groups is 1. The van der Waals surface area contributed by atoms with Crippen molar-refractivity contribution >= 4 is 5.91 Å². The highest BCUT2D eigenvalue weighted by atomic mass is 16.5. The van der Waals surface area contributed by atoms with Crippen molar-refractivity contribution in [3.05, 3.63) is 83.7 Å². The summed E-state index contributed by atoms with van der Waals surface area (Å²) in [5.74, 6) is 0.861. The van der Waals surface area contributed by atoms with Gasteiger partial charge >= 0.3 is 0 Å². The lowest BCUT2D eigenvalue weighted by Gasteiger charge is -2.20. The molecule has 0 radical (unpaired) electrons. The summed E-state index contributed by atoms with van der Waals surface area (Å²) in [5, 5.41) is 4.28. The molecule has 0 N–H and O–H groups in total. The number of ether oxygens (including phenoxy) is 1. The Morgan fingerprint density at radius 3 is 2.41 bits per heavy atom. The molecule has 0 bridgehead atoms. The van der Waals surface area contributed by atoms with Gasteiger partial charge in [-0.2, -0.15) is 5.10 Å². The minimum absolute atomic E-state index is 0.0253. The van der Waals surface area contributed by atoms with Crippen LogP contribution in [0.25, 0.3) is 0 Å². The van der Waals surface area contributed by atoms with Gasteiger partial charge in [0.25, 0.3) is 5.91 Å². The molecule has 0 aliphatic rings. The van der Waals surface area contributed by atoms with E-state index in [1.807, 2.05) is 90.4 Å². The molecule has 3 rings (SSSR count). The molecule has 0 unspecified atom stereocenters. The number of nitrogens with zero attached hydrogens (tertiary/aromatic N) is 3. The first kappa shape index (κ1) is 18.7. The highest BCUT2D eigenvalue weighted by Gasteiger charge is 2.15. The zero-order valence-electron chi connectivity index (χ0n) is 15.8. The third-order valence-corrected chi connectivity index (χ3v) is 4.40. The molecule has 5 nitrogen and oxygen atoms in total. The van der Waals surface area contributed by atoms with Gasteiger partial charge in [-0.15, -0.1) is 0 Å². The van der Waals surface area contributed by atoms with Crippen LogP contribution in [-0.2, 0) is 19.7 Å². The quantitative estimate of drug-likeness (QED) is 0.604. The van der Waals surface area contributed by atoms with E-state index in [-0.39, 0.29) is 5.91 Å². The molecule has 27 heavy (non-hydrogen) atoms. The maximum Gasteiger partial charge on any atom is 0.254 e. The van der Waals surface area contributed by atoms with E-state index < -0.39 is 0 Å². The summed E-state index contributed by atoms with van der Waals surface area (Å²) in [4.78, 5) is 14.6. The standard InChI is InChI=1S/C22H25N3O2/c1-3-24(15-19-14-23-25(4-2)16-19)22(26)20-12-10-18(11-13-20)17-27-21-8-6-5-7-9-21/h5-14,16H,3-4,15,17H2,1-2H3. The average Bonchev–Trinajstić information content (AvgIpc) is 3.19. The highest BCUT2D eigenvalue weighted by molar-refractivity contribution is 5.94. The first-order chi connectivity index (χ1) is 13.2. The first-order valence-electron chi connectivity index (χ1n) is 9.27. The third kappa shape index (κ3) is 4.97. The number of aryl methyl sites for hydroxylation is 1. The molecule has 0 fully saturated rings. The Balaban J connectivity index is 1.61. The SMILES string of the molecule is CCN(Cc1cnn(CC)c1)C(=O)c1ccc(COc2ccccc2)cc1. The molecule has 0 aliphatic heterocycles. The van der Waals surface area contributed by atoms with Gasteiger partial charge in [0.1, 0.15) is 12.4 Å². The smallest absolute Gasteiger partial charge is 0.254 e. The van der Waals surface area contributed by atoms with Crippen molar-refractivity contribution < 1.29 is 9.53 Å². The summed E-state index contributed by atoms with van der Waals surface area (Å²) in [6, 6.07) is 17.3. The largest absolute Gasteiger partial charge is 0.489 e. The van der Waals surface area contributed by atoms with Crippen LogP contribution in [0.2, 0.25) is 0 Å². The van der Waals surface area contributed by atoms with Crippen LogP contribution in [0.3, 0.4) is 0 Å². The Morgan fingerprint density at radius 2 is 1.78 bits per heavy atom. The maximum absolute atomic E-state index is 12.8. The Hall–Kier alpha value is -3.08. The van der Waals surface area contributed by atoms with Crippen LogP contribution in [0.5, 0.6) is 5.75 Å². The highest BCUT2D eigenvalue weighted by Crippen LogP contribution is 2.14. The van der Waals surface area contributed by atoms with Crippen LogP contribution in [0.15, 0.2) is 67.0 Å². The maximum atomic E-state index is 12.8. The van der Waals surface area contributed by atoms with Crippen molar-refractivity contribution in [1.82, 2.24) is 14.7 Å². The number of rotatable bonds is 8. The van der Waals surface area contributed by atoms with E-state index in [1.54, 1.807) is 0 Å². The Kier molecular flexibility index (Phi) is 6.26. The number of carbonyl (C=O) groups excluding carboxylic acids is 1. The van der Waals surface area contributed by atoms with Gasteiger partial charge in [0.15, 0.2) is 0 Å². The lowest BCUT2D eigenvalue weighted by atomic mass is 10.1. The van der Waals surface area contributed by atoms with Gasteiger partial charge in [-0.3, -0.25) is 9.48 Å². The van der Waals surface area contributed by atoms with Gasteiger partial charge in [-0.25, -0.2) is 0 Å². The average molecular weight is 363 g/mol. The van der Waals surface area contributed by atoms with Gasteiger partial charge in [-0.05, 0) is 43.7 Å². The van der Waals surface area contributed by atoms with Crippen LogP contribution in [0, 0.1) is 0 Å². The van der Waals surface area contributed by atoms with E-state index in [0.29, 0.717) is 25.3 Å². The molecule has 140 valence electrons. The van der Waals surface area contributed by atoms with Crippen molar-refractivity contribution in [3.8, 4) is 5.75 Å². The second kappa shape index (κ2) is 9.03. The van der Waals surface area contributed by atoms with E-state index >= 15 is 0 Å². The molecule has 0 spiro atoms. The normalized spacial score (nSPS) is 10.6. The fraction of sp³-hybridized carbons (Fsp3) is 0.273. The number of hydrogen-bond acceptors (Lipinski definition) is 3. The second-order valence-corrected chi connectivity index (χ2v) is 6.32. The van der Waals surface area contributed by atoms with Gasteiger partial charge < -0.3 is 9.64 Å². The summed E-state index contributed by atoms with van der Waals surface area (Å²) >= 11 is 0. The molecule has 1 aromatic heterocycles. The fourth-order valence-corrected chi connectivity index (χ4v) is 2.82. The van der Waals surface area contributed by atoms with E-state index in [4.69, 9.17) is 4.74 Å². The van der Waals surface area contributed by atoms with Crippen molar-refractivity contribution in [2.24, 2.45) is 0 Å². The van der Waals surface area contributed by atoms with Crippen LogP contribution >= 0.6 is 0 Å². The summed E-state index contributed by atoms with van der Waals surface area (Å²) in [6.45, 7) is 6.55. The summed E-state index contributed by atoms with van der Waals surface area (Å²) < 4.78 is 7.62. The van der Waals surface area contributed by atoms with Gasteiger partial charge in [-0.1, -0.05) is 30.3 Å². The molecular formula is C22H25N3O2. The molecular weight excluding hydrogens is 338 g/mol. The third-order valence-electron chi connectivity index (χ3n) is 4.40. The fourth-order valence-electron chi connectivity index (χ4n) is 2.82. The molecule has 3 aromatic rings. The van der Waals surface area contributed by atoms with Crippen LogP contribution in [0.4, 0.5) is 0 Å².